The second-order valence-electron chi connectivity index (χ2n) is 7.14. The Morgan fingerprint density at radius 1 is 1.03 bits per heavy atom. The fourth-order valence-electron chi connectivity index (χ4n) is 3.78. The Morgan fingerprint density at radius 3 is 2.69 bits per heavy atom. The Balaban J connectivity index is 1.33. The molecule has 0 bridgehead atoms. The van der Waals surface area contributed by atoms with Crippen molar-refractivity contribution in [3.05, 3.63) is 65.9 Å². The van der Waals surface area contributed by atoms with E-state index in [1.165, 1.54) is 5.56 Å². The number of carbonyl (C=O) groups is 1. The molecule has 5 rings (SSSR count). The Hall–Kier alpha value is -3.61. The number of aromatic nitrogens is 2. The van der Waals surface area contributed by atoms with Crippen LogP contribution in [-0.2, 0) is 6.42 Å². The van der Waals surface area contributed by atoms with Crippen molar-refractivity contribution in [1.29, 1.82) is 0 Å². The molecular weight excluding hydrogens is 368 g/mol. The normalized spacial score (nSPS) is 17.0. The second-order valence-corrected chi connectivity index (χ2v) is 7.14. The molecule has 0 spiro atoms. The molecule has 146 valence electrons. The van der Waals surface area contributed by atoms with Crippen LogP contribution in [0.5, 0.6) is 11.5 Å². The first-order valence-electron chi connectivity index (χ1n) is 9.61. The molecule has 1 N–H and O–H groups in total. The number of rotatable bonds is 3. The summed E-state index contributed by atoms with van der Waals surface area (Å²) >= 11 is 0. The largest absolute Gasteiger partial charge is 0.486 e. The summed E-state index contributed by atoms with van der Waals surface area (Å²) in [6, 6.07) is 17.1. The Morgan fingerprint density at radius 2 is 1.86 bits per heavy atom. The van der Waals surface area contributed by atoms with Crippen molar-refractivity contribution >= 4 is 23.1 Å². The fourth-order valence-corrected chi connectivity index (χ4v) is 3.78. The zero-order valence-electron chi connectivity index (χ0n) is 16.0. The predicted molar refractivity (Wildman–Crippen MR) is 109 cm³/mol. The molecular formula is C22H20N4O3. The van der Waals surface area contributed by atoms with Gasteiger partial charge in [0.2, 0.25) is 0 Å². The highest BCUT2D eigenvalue weighted by molar-refractivity contribution is 6.06. The summed E-state index contributed by atoms with van der Waals surface area (Å²) < 4.78 is 11.1. The van der Waals surface area contributed by atoms with Gasteiger partial charge in [0, 0.05) is 23.5 Å². The van der Waals surface area contributed by atoms with Crippen LogP contribution in [0.4, 0.5) is 17.2 Å². The van der Waals surface area contributed by atoms with Gasteiger partial charge in [-0.25, -0.2) is 0 Å². The van der Waals surface area contributed by atoms with E-state index in [4.69, 9.17) is 9.47 Å². The average molecular weight is 388 g/mol. The van der Waals surface area contributed by atoms with Crippen LogP contribution in [0.25, 0.3) is 0 Å². The highest BCUT2D eigenvalue weighted by Crippen LogP contribution is 2.34. The summed E-state index contributed by atoms with van der Waals surface area (Å²) in [5, 5.41) is 11.5. The van der Waals surface area contributed by atoms with Gasteiger partial charge in [0.25, 0.3) is 5.91 Å². The van der Waals surface area contributed by atoms with Gasteiger partial charge in [-0.05, 0) is 49.2 Å². The summed E-state index contributed by atoms with van der Waals surface area (Å²) in [5.74, 6) is 1.84. The van der Waals surface area contributed by atoms with Gasteiger partial charge in [-0.2, -0.15) is 0 Å². The van der Waals surface area contributed by atoms with Crippen LogP contribution in [0.15, 0.2) is 54.6 Å². The number of para-hydroxylation sites is 1. The maximum atomic E-state index is 13.0. The summed E-state index contributed by atoms with van der Waals surface area (Å²) in [4.78, 5) is 14.8. The first kappa shape index (κ1) is 17.5. The second kappa shape index (κ2) is 7.09. The van der Waals surface area contributed by atoms with Crippen LogP contribution in [-0.4, -0.2) is 35.4 Å². The number of anilines is 3. The topological polar surface area (TPSA) is 76.6 Å². The molecule has 1 aromatic heterocycles. The van der Waals surface area contributed by atoms with E-state index in [2.05, 4.69) is 21.6 Å². The average Bonchev–Trinajstić information content (AvgIpc) is 3.09. The molecule has 1 amide bonds. The van der Waals surface area contributed by atoms with Gasteiger partial charge in [-0.15, -0.1) is 10.2 Å². The summed E-state index contributed by atoms with van der Waals surface area (Å²) in [6.07, 6.45) is 0.846. The van der Waals surface area contributed by atoms with E-state index in [1.807, 2.05) is 43.3 Å². The molecule has 3 heterocycles. The standard InChI is InChI=1S/C22H20N4O3/c1-14-12-15-4-2-3-5-18(15)26(14)22(27)17-7-9-21(25-24-17)23-16-6-8-19-20(13-16)29-11-10-28-19/h2-9,13-14H,10-12H2,1H3,(H,23,25). The number of fused-ring (bicyclic) bond motifs is 2. The van der Waals surface area contributed by atoms with Gasteiger partial charge in [0.15, 0.2) is 23.0 Å². The van der Waals surface area contributed by atoms with Crippen LogP contribution in [0.1, 0.15) is 23.0 Å². The molecule has 7 heteroatoms. The quantitative estimate of drug-likeness (QED) is 0.739. The van der Waals surface area contributed by atoms with Crippen LogP contribution in [0.3, 0.4) is 0 Å². The minimum absolute atomic E-state index is 0.0946. The van der Waals surface area contributed by atoms with E-state index < -0.39 is 0 Å². The van der Waals surface area contributed by atoms with E-state index in [0.717, 1.165) is 23.5 Å². The molecule has 0 fully saturated rings. The Labute approximate surface area is 168 Å². The van der Waals surface area contributed by atoms with Gasteiger partial charge in [-0.3, -0.25) is 4.79 Å². The number of nitrogens with zero attached hydrogens (tertiary/aromatic N) is 3. The van der Waals surface area contributed by atoms with Crippen molar-refractivity contribution in [3.8, 4) is 11.5 Å². The van der Waals surface area contributed by atoms with E-state index in [0.29, 0.717) is 30.5 Å². The van der Waals surface area contributed by atoms with E-state index >= 15 is 0 Å². The Bertz CT molecular complexity index is 1070. The van der Waals surface area contributed by atoms with Gasteiger partial charge in [-0.1, -0.05) is 18.2 Å². The van der Waals surface area contributed by atoms with Crippen molar-refractivity contribution in [2.24, 2.45) is 0 Å². The first-order valence-corrected chi connectivity index (χ1v) is 9.61. The van der Waals surface area contributed by atoms with E-state index in [-0.39, 0.29) is 11.9 Å². The Kier molecular flexibility index (Phi) is 4.27. The lowest BCUT2D eigenvalue weighted by atomic mass is 10.1. The zero-order valence-corrected chi connectivity index (χ0v) is 16.0. The third-order valence-corrected chi connectivity index (χ3v) is 5.12. The minimum atomic E-state index is -0.138. The van der Waals surface area contributed by atoms with Crippen molar-refractivity contribution in [1.82, 2.24) is 10.2 Å². The molecule has 0 aliphatic carbocycles. The van der Waals surface area contributed by atoms with Crippen molar-refractivity contribution in [2.75, 3.05) is 23.4 Å². The molecule has 0 saturated heterocycles. The number of nitrogens with one attached hydrogen (secondary N) is 1. The number of hydrogen-bond acceptors (Lipinski definition) is 6. The molecule has 2 aliphatic rings. The number of ether oxygens (including phenoxy) is 2. The van der Waals surface area contributed by atoms with Gasteiger partial charge < -0.3 is 19.7 Å². The molecule has 7 nitrogen and oxygen atoms in total. The minimum Gasteiger partial charge on any atom is -0.486 e. The molecule has 29 heavy (non-hydrogen) atoms. The third kappa shape index (κ3) is 3.24. The van der Waals surface area contributed by atoms with Gasteiger partial charge >= 0.3 is 0 Å². The molecule has 1 atom stereocenters. The van der Waals surface area contributed by atoms with Crippen molar-refractivity contribution in [3.63, 3.8) is 0 Å². The monoisotopic (exact) mass is 388 g/mol. The molecule has 0 radical (unpaired) electrons. The maximum Gasteiger partial charge on any atom is 0.279 e. The predicted octanol–water partition coefficient (Wildman–Crippen LogP) is 3.58. The lowest BCUT2D eigenvalue weighted by Crippen LogP contribution is -2.36. The number of amides is 1. The van der Waals surface area contributed by atoms with Gasteiger partial charge in [0.1, 0.15) is 13.2 Å². The molecule has 2 aliphatic heterocycles. The van der Waals surface area contributed by atoms with Crippen LogP contribution in [0, 0.1) is 0 Å². The van der Waals surface area contributed by atoms with E-state index in [1.54, 1.807) is 17.0 Å². The lowest BCUT2D eigenvalue weighted by molar-refractivity contribution is 0.0975. The third-order valence-electron chi connectivity index (χ3n) is 5.12. The van der Waals surface area contributed by atoms with Crippen molar-refractivity contribution in [2.45, 2.75) is 19.4 Å². The van der Waals surface area contributed by atoms with Crippen LogP contribution >= 0.6 is 0 Å². The molecule has 0 saturated carbocycles. The molecule has 2 aromatic carbocycles. The van der Waals surface area contributed by atoms with Crippen LogP contribution in [0.2, 0.25) is 0 Å². The maximum absolute atomic E-state index is 13.0. The fraction of sp³-hybridized carbons (Fsp3) is 0.227. The zero-order chi connectivity index (χ0) is 19.8. The number of hydrogen-bond donors (Lipinski definition) is 1. The summed E-state index contributed by atoms with van der Waals surface area (Å²) in [7, 11) is 0. The van der Waals surface area contributed by atoms with Gasteiger partial charge in [0.05, 0.1) is 0 Å². The summed E-state index contributed by atoms with van der Waals surface area (Å²) in [5.41, 5.74) is 3.26. The highest BCUT2D eigenvalue weighted by Gasteiger charge is 2.32. The molecule has 3 aromatic rings. The summed E-state index contributed by atoms with van der Waals surface area (Å²) in [6.45, 7) is 3.13. The molecule has 1 unspecified atom stereocenters. The van der Waals surface area contributed by atoms with Crippen LogP contribution < -0.4 is 19.7 Å². The number of benzene rings is 2. The lowest BCUT2D eigenvalue weighted by Gasteiger charge is -2.22. The smallest absolute Gasteiger partial charge is 0.279 e. The SMILES string of the molecule is CC1Cc2ccccc2N1C(=O)c1ccc(Nc2ccc3c(c2)OCCO3)nn1. The number of carbonyl (C=O) groups excluding carboxylic acids is 1. The first-order chi connectivity index (χ1) is 14.2. The van der Waals surface area contributed by atoms with E-state index in [9.17, 15) is 4.79 Å². The van der Waals surface area contributed by atoms with Crippen molar-refractivity contribution < 1.29 is 14.3 Å². The highest BCUT2D eigenvalue weighted by atomic mass is 16.6.